The van der Waals surface area contributed by atoms with Crippen molar-refractivity contribution in [2.45, 2.75) is 4.90 Å². The fraction of sp³-hybridized carbons (Fsp3) is 0.333. The minimum Gasteiger partial charge on any atom is -0.431 e. The monoisotopic (exact) mass is 333 g/mol. The molecule has 1 aromatic heterocycles. The van der Waals surface area contributed by atoms with Crippen LogP contribution in [0.1, 0.15) is 10.5 Å². The summed E-state index contributed by atoms with van der Waals surface area (Å²) >= 11 is 1.58. The van der Waals surface area contributed by atoms with Crippen LogP contribution in [0.2, 0.25) is 0 Å². The van der Waals surface area contributed by atoms with E-state index in [2.05, 4.69) is 26.6 Å². The van der Waals surface area contributed by atoms with E-state index in [-0.39, 0.29) is 17.6 Å². The zero-order valence-electron chi connectivity index (χ0n) is 12.8. The second kappa shape index (κ2) is 6.93. The highest BCUT2D eigenvalue weighted by Crippen LogP contribution is 2.30. The van der Waals surface area contributed by atoms with Gasteiger partial charge in [-0.05, 0) is 24.5 Å². The van der Waals surface area contributed by atoms with Gasteiger partial charge >= 0.3 is 0 Å². The van der Waals surface area contributed by atoms with Gasteiger partial charge in [-0.25, -0.2) is 0 Å². The average Bonchev–Trinajstić information content (AvgIpc) is 3.02. The molecule has 0 atom stereocenters. The van der Waals surface area contributed by atoms with Gasteiger partial charge in [0.1, 0.15) is 6.26 Å². The van der Waals surface area contributed by atoms with Gasteiger partial charge in [-0.2, -0.15) is 4.98 Å². The zero-order valence-corrected chi connectivity index (χ0v) is 13.7. The van der Waals surface area contributed by atoms with Crippen molar-refractivity contribution in [3.63, 3.8) is 0 Å². The Balaban J connectivity index is 1.82. The Morgan fingerprint density at radius 3 is 2.87 bits per heavy atom. The Hall–Kier alpha value is -2.19. The smallest absolute Gasteiger partial charge is 0.292 e. The van der Waals surface area contributed by atoms with Gasteiger partial charge in [0.25, 0.3) is 11.9 Å². The molecule has 1 aromatic carbocycles. The lowest BCUT2D eigenvalue weighted by atomic mass is 10.2. The number of benzene rings is 1. The number of hydrogen-bond acceptors (Lipinski definition) is 7. The topological polar surface area (TPSA) is 96.4 Å². The minimum atomic E-state index is -0.335. The number of carbonyl (C=O) groups excluding carboxylic acids is 1. The first-order valence-corrected chi connectivity index (χ1v) is 8.56. The lowest BCUT2D eigenvalue weighted by Gasteiger charge is -2.30. The largest absolute Gasteiger partial charge is 0.431 e. The fourth-order valence-corrected chi connectivity index (χ4v) is 3.03. The SMILES string of the molecule is CSc1ccc(N2CCNCC2)cc1NC(=O)c1coc(N)n1. The molecule has 8 heteroatoms. The number of carbonyl (C=O) groups is 1. The highest BCUT2D eigenvalue weighted by atomic mass is 32.2. The first-order chi connectivity index (χ1) is 11.2. The normalized spacial score (nSPS) is 14.7. The molecule has 7 nitrogen and oxygen atoms in total. The molecule has 1 saturated heterocycles. The minimum absolute atomic E-state index is 0.0187. The number of anilines is 3. The van der Waals surface area contributed by atoms with Crippen LogP contribution in [0.4, 0.5) is 17.4 Å². The molecule has 1 aliphatic rings. The molecule has 122 valence electrons. The third kappa shape index (κ3) is 3.59. The van der Waals surface area contributed by atoms with Gasteiger partial charge in [-0.15, -0.1) is 11.8 Å². The molecular weight excluding hydrogens is 314 g/mol. The van der Waals surface area contributed by atoms with Crippen molar-refractivity contribution in [2.24, 2.45) is 0 Å². The van der Waals surface area contributed by atoms with Crippen LogP contribution in [0.3, 0.4) is 0 Å². The van der Waals surface area contributed by atoms with E-state index in [1.807, 2.05) is 18.4 Å². The second-order valence-electron chi connectivity index (χ2n) is 5.15. The van der Waals surface area contributed by atoms with Crippen LogP contribution < -0.4 is 21.3 Å². The maximum absolute atomic E-state index is 12.3. The Labute approximate surface area is 138 Å². The molecule has 23 heavy (non-hydrogen) atoms. The lowest BCUT2D eigenvalue weighted by Crippen LogP contribution is -2.43. The number of aromatic nitrogens is 1. The number of amides is 1. The molecule has 3 rings (SSSR count). The summed E-state index contributed by atoms with van der Waals surface area (Å²) in [5.41, 5.74) is 7.44. The van der Waals surface area contributed by atoms with Crippen LogP contribution in [-0.4, -0.2) is 43.3 Å². The van der Waals surface area contributed by atoms with E-state index in [1.54, 1.807) is 11.8 Å². The molecular formula is C15H19N5O2S. The summed E-state index contributed by atoms with van der Waals surface area (Å²) in [5.74, 6) is -0.335. The van der Waals surface area contributed by atoms with Crippen LogP contribution >= 0.6 is 11.8 Å². The lowest BCUT2D eigenvalue weighted by molar-refractivity contribution is 0.102. The molecule has 0 bridgehead atoms. The van der Waals surface area contributed by atoms with Crippen molar-refractivity contribution < 1.29 is 9.21 Å². The summed E-state index contributed by atoms with van der Waals surface area (Å²) in [7, 11) is 0. The summed E-state index contributed by atoms with van der Waals surface area (Å²) in [5, 5.41) is 6.22. The first-order valence-electron chi connectivity index (χ1n) is 7.33. The third-order valence-corrected chi connectivity index (χ3v) is 4.46. The molecule has 0 radical (unpaired) electrons. The van der Waals surface area contributed by atoms with E-state index < -0.39 is 0 Å². The highest BCUT2D eigenvalue weighted by Gasteiger charge is 2.16. The van der Waals surface area contributed by atoms with E-state index in [0.29, 0.717) is 0 Å². The van der Waals surface area contributed by atoms with Crippen molar-refractivity contribution in [1.82, 2.24) is 10.3 Å². The third-order valence-electron chi connectivity index (χ3n) is 3.67. The number of hydrogen-bond donors (Lipinski definition) is 3. The zero-order chi connectivity index (χ0) is 16.2. The molecule has 0 saturated carbocycles. The Morgan fingerprint density at radius 2 is 2.22 bits per heavy atom. The predicted octanol–water partition coefficient (Wildman–Crippen LogP) is 1.64. The van der Waals surface area contributed by atoms with E-state index in [9.17, 15) is 4.79 Å². The summed E-state index contributed by atoms with van der Waals surface area (Å²) < 4.78 is 4.88. The maximum atomic E-state index is 12.3. The average molecular weight is 333 g/mol. The number of rotatable bonds is 4. The second-order valence-corrected chi connectivity index (χ2v) is 5.99. The van der Waals surface area contributed by atoms with Crippen LogP contribution in [0.15, 0.2) is 33.8 Å². The predicted molar refractivity (Wildman–Crippen MR) is 92.2 cm³/mol. The number of nitrogens with zero attached hydrogens (tertiary/aromatic N) is 2. The maximum Gasteiger partial charge on any atom is 0.292 e. The molecule has 1 aliphatic heterocycles. The number of thioether (sulfide) groups is 1. The van der Waals surface area contributed by atoms with Crippen molar-refractivity contribution in [2.75, 3.05) is 48.4 Å². The van der Waals surface area contributed by atoms with Crippen molar-refractivity contribution >= 4 is 35.1 Å². The Bertz CT molecular complexity index is 697. The van der Waals surface area contributed by atoms with Crippen molar-refractivity contribution in [1.29, 1.82) is 0 Å². The van der Waals surface area contributed by atoms with Crippen LogP contribution in [0.25, 0.3) is 0 Å². The van der Waals surface area contributed by atoms with E-state index in [0.717, 1.165) is 42.4 Å². The van der Waals surface area contributed by atoms with E-state index >= 15 is 0 Å². The van der Waals surface area contributed by atoms with E-state index in [4.69, 9.17) is 10.2 Å². The van der Waals surface area contributed by atoms with Gasteiger partial charge in [-0.3, -0.25) is 4.79 Å². The number of oxazole rings is 1. The molecule has 2 heterocycles. The molecule has 4 N–H and O–H groups in total. The van der Waals surface area contributed by atoms with Crippen LogP contribution in [0.5, 0.6) is 0 Å². The number of nitrogens with two attached hydrogens (primary N) is 1. The fourth-order valence-electron chi connectivity index (χ4n) is 2.49. The summed E-state index contributed by atoms with van der Waals surface area (Å²) in [6.07, 6.45) is 3.23. The highest BCUT2D eigenvalue weighted by molar-refractivity contribution is 7.98. The van der Waals surface area contributed by atoms with Gasteiger partial charge in [-0.1, -0.05) is 0 Å². The van der Waals surface area contributed by atoms with Gasteiger partial charge in [0, 0.05) is 36.8 Å². The molecule has 0 spiro atoms. The standard InChI is InChI=1S/C15H19N5O2S/c1-23-13-3-2-10(20-6-4-17-5-7-20)8-11(13)18-14(21)12-9-22-15(16)19-12/h2-3,8-9,17H,4-7H2,1H3,(H2,16,19)(H,18,21). The van der Waals surface area contributed by atoms with Crippen molar-refractivity contribution in [3.05, 3.63) is 30.2 Å². The van der Waals surface area contributed by atoms with Gasteiger partial charge in [0.05, 0.1) is 5.69 Å². The summed E-state index contributed by atoms with van der Waals surface area (Å²) in [4.78, 5) is 19.4. The van der Waals surface area contributed by atoms with Crippen molar-refractivity contribution in [3.8, 4) is 0 Å². The first kappa shape index (κ1) is 15.7. The van der Waals surface area contributed by atoms with Crippen LogP contribution in [-0.2, 0) is 0 Å². The Kier molecular flexibility index (Phi) is 4.73. The quantitative estimate of drug-likeness (QED) is 0.732. The molecule has 0 aliphatic carbocycles. The summed E-state index contributed by atoms with van der Waals surface area (Å²) in [6.45, 7) is 3.83. The van der Waals surface area contributed by atoms with Gasteiger partial charge in [0.15, 0.2) is 5.69 Å². The number of nitrogen functional groups attached to an aromatic ring is 1. The van der Waals surface area contributed by atoms with Gasteiger partial charge in [0.2, 0.25) is 0 Å². The summed E-state index contributed by atoms with van der Waals surface area (Å²) in [6, 6.07) is 6.09. The molecule has 1 fully saturated rings. The number of nitrogens with one attached hydrogen (secondary N) is 2. The van der Waals surface area contributed by atoms with Crippen LogP contribution in [0, 0.1) is 0 Å². The number of piperazine rings is 1. The molecule has 2 aromatic rings. The molecule has 1 amide bonds. The van der Waals surface area contributed by atoms with E-state index in [1.165, 1.54) is 6.26 Å². The van der Waals surface area contributed by atoms with Gasteiger partial charge < -0.3 is 25.7 Å². The molecule has 0 unspecified atom stereocenters. The Morgan fingerprint density at radius 1 is 1.43 bits per heavy atom.